The molecule has 1 aliphatic heterocycles. The molecule has 2 heterocycles. The van der Waals surface area contributed by atoms with Crippen LogP contribution < -0.4 is 16.4 Å². The average Bonchev–Trinajstić information content (AvgIpc) is 3.45. The minimum absolute atomic E-state index is 0.0432. The minimum Gasteiger partial charge on any atom is -0.361 e. The van der Waals surface area contributed by atoms with E-state index < -0.39 is 18.1 Å². The lowest BCUT2D eigenvalue weighted by Crippen LogP contribution is -2.46. The van der Waals surface area contributed by atoms with Gasteiger partial charge in [-0.25, -0.2) is 4.79 Å². The Kier molecular flexibility index (Phi) is 6.61. The van der Waals surface area contributed by atoms with Gasteiger partial charge in [0.2, 0.25) is 5.91 Å². The number of likely N-dealkylation sites (tertiary alicyclic amines) is 1. The molecule has 9 heteroatoms. The van der Waals surface area contributed by atoms with E-state index in [-0.39, 0.29) is 11.7 Å². The molecule has 3 aromatic rings. The lowest BCUT2D eigenvalue weighted by atomic mass is 10.0. The van der Waals surface area contributed by atoms with Gasteiger partial charge in [0.1, 0.15) is 6.04 Å². The van der Waals surface area contributed by atoms with Gasteiger partial charge in [-0.05, 0) is 74.2 Å². The molecule has 0 saturated carbocycles. The maximum Gasteiger partial charge on any atom is 0.323 e. The van der Waals surface area contributed by atoms with E-state index in [1.807, 2.05) is 18.3 Å². The first-order chi connectivity index (χ1) is 16.4. The maximum absolute atomic E-state index is 12.8. The van der Waals surface area contributed by atoms with Crippen LogP contribution in [0.5, 0.6) is 0 Å². The summed E-state index contributed by atoms with van der Waals surface area (Å²) in [4.78, 5) is 41.3. The minimum atomic E-state index is -0.758. The van der Waals surface area contributed by atoms with Crippen molar-refractivity contribution in [1.29, 1.82) is 5.26 Å². The van der Waals surface area contributed by atoms with Crippen molar-refractivity contribution >= 4 is 40.0 Å². The van der Waals surface area contributed by atoms with Gasteiger partial charge in [0, 0.05) is 40.6 Å². The zero-order chi connectivity index (χ0) is 24.2. The van der Waals surface area contributed by atoms with E-state index in [0.717, 1.165) is 22.9 Å². The zero-order valence-corrected chi connectivity index (χ0v) is 18.8. The van der Waals surface area contributed by atoms with Gasteiger partial charge >= 0.3 is 6.03 Å². The normalized spacial score (nSPS) is 16.1. The Balaban J connectivity index is 1.43. The fraction of sp³-hybridized carbons (Fsp3) is 0.280. The number of benzene rings is 2. The van der Waals surface area contributed by atoms with Gasteiger partial charge in [-0.3, -0.25) is 9.59 Å². The van der Waals surface area contributed by atoms with Crippen LogP contribution in [0.3, 0.4) is 0 Å². The Bertz CT molecular complexity index is 1270. The number of nitrogens with zero attached hydrogens (tertiary/aromatic N) is 2. The number of carbonyl (C=O) groups excluding carboxylic acids is 3. The highest BCUT2D eigenvalue weighted by atomic mass is 16.2. The molecule has 1 aliphatic rings. The summed E-state index contributed by atoms with van der Waals surface area (Å²) in [5.74, 6) is -0.263. The van der Waals surface area contributed by atoms with Crippen molar-refractivity contribution in [3.63, 3.8) is 0 Å². The second-order valence-electron chi connectivity index (χ2n) is 8.42. The number of hydrogen-bond donors (Lipinski definition) is 4. The average molecular weight is 459 g/mol. The number of nitrogens with two attached hydrogens (primary N) is 1. The first kappa shape index (κ1) is 23.0. The first-order valence-corrected chi connectivity index (χ1v) is 11.1. The number of carbonyl (C=O) groups is 3. The van der Waals surface area contributed by atoms with E-state index in [1.54, 1.807) is 35.2 Å². The van der Waals surface area contributed by atoms with Crippen LogP contribution in [-0.4, -0.2) is 46.2 Å². The fourth-order valence-corrected chi connectivity index (χ4v) is 4.21. The number of amides is 3. The monoisotopic (exact) mass is 458 g/mol. The molecule has 4 rings (SSSR count). The molecule has 174 valence electrons. The molecule has 0 radical (unpaired) electrons. The van der Waals surface area contributed by atoms with Gasteiger partial charge in [-0.1, -0.05) is 0 Å². The first-order valence-electron chi connectivity index (χ1n) is 11.1. The Morgan fingerprint density at radius 2 is 1.88 bits per heavy atom. The molecule has 34 heavy (non-hydrogen) atoms. The highest BCUT2D eigenvalue weighted by molar-refractivity contribution is 6.02. The summed E-state index contributed by atoms with van der Waals surface area (Å²) in [7, 11) is 0. The smallest absolute Gasteiger partial charge is 0.323 e. The molecule has 1 aromatic heterocycles. The van der Waals surface area contributed by atoms with E-state index >= 15 is 0 Å². The number of aromatic nitrogens is 1. The molecule has 0 unspecified atom stereocenters. The molecule has 0 aliphatic carbocycles. The van der Waals surface area contributed by atoms with Gasteiger partial charge < -0.3 is 26.3 Å². The molecule has 0 bridgehead atoms. The SMILES string of the molecule is CC(=O)c1ccc(NC(=O)Nc2ccc3[nH]cc(C[C@@H](N)C(=O)N4CCC[C@H]4C#N)c3c2)cc1. The largest absolute Gasteiger partial charge is 0.361 e. The van der Waals surface area contributed by atoms with Crippen molar-refractivity contribution in [1.82, 2.24) is 9.88 Å². The third-order valence-electron chi connectivity index (χ3n) is 6.02. The second kappa shape index (κ2) is 9.77. The molecule has 0 spiro atoms. The summed E-state index contributed by atoms with van der Waals surface area (Å²) in [5, 5.41) is 15.6. The van der Waals surface area contributed by atoms with Crippen molar-refractivity contribution < 1.29 is 14.4 Å². The number of anilines is 2. The van der Waals surface area contributed by atoms with Crippen molar-refractivity contribution in [2.75, 3.05) is 17.2 Å². The molecule has 5 N–H and O–H groups in total. The summed E-state index contributed by atoms with van der Waals surface area (Å²) in [6.45, 7) is 2.04. The van der Waals surface area contributed by atoms with Crippen LogP contribution in [0.2, 0.25) is 0 Å². The van der Waals surface area contributed by atoms with Gasteiger partial charge in [-0.2, -0.15) is 5.26 Å². The molecular formula is C25H26N6O3. The van der Waals surface area contributed by atoms with E-state index in [9.17, 15) is 19.6 Å². The molecule has 3 amide bonds. The molecular weight excluding hydrogens is 432 g/mol. The summed E-state index contributed by atoms with van der Waals surface area (Å²) < 4.78 is 0. The number of Topliss-reactive ketones (excluding diaryl/α,β-unsaturated/α-hetero) is 1. The number of aromatic amines is 1. The molecule has 1 fully saturated rings. The summed E-state index contributed by atoms with van der Waals surface area (Å²) in [6.07, 6.45) is 3.61. The fourth-order valence-electron chi connectivity index (χ4n) is 4.21. The summed E-state index contributed by atoms with van der Waals surface area (Å²) >= 11 is 0. The van der Waals surface area contributed by atoms with Crippen molar-refractivity contribution in [3.8, 4) is 6.07 Å². The number of nitrogens with one attached hydrogen (secondary N) is 3. The number of nitriles is 1. The van der Waals surface area contributed by atoms with E-state index in [2.05, 4.69) is 21.7 Å². The van der Waals surface area contributed by atoms with Gasteiger partial charge in [-0.15, -0.1) is 0 Å². The lowest BCUT2D eigenvalue weighted by Gasteiger charge is -2.23. The van der Waals surface area contributed by atoms with Crippen LogP contribution in [0.25, 0.3) is 10.9 Å². The Morgan fingerprint density at radius 3 is 2.59 bits per heavy atom. The number of hydrogen-bond acceptors (Lipinski definition) is 5. The Morgan fingerprint density at radius 1 is 1.18 bits per heavy atom. The predicted molar refractivity (Wildman–Crippen MR) is 129 cm³/mol. The van der Waals surface area contributed by atoms with Crippen LogP contribution in [0.4, 0.5) is 16.2 Å². The number of ketones is 1. The number of urea groups is 1. The summed E-state index contributed by atoms with van der Waals surface area (Å²) in [6, 6.07) is 12.7. The quantitative estimate of drug-likeness (QED) is 0.419. The number of rotatable bonds is 6. The summed E-state index contributed by atoms with van der Waals surface area (Å²) in [5.41, 5.74) is 9.64. The third kappa shape index (κ3) is 4.92. The lowest BCUT2D eigenvalue weighted by molar-refractivity contribution is -0.132. The highest BCUT2D eigenvalue weighted by Crippen LogP contribution is 2.25. The highest BCUT2D eigenvalue weighted by Gasteiger charge is 2.31. The van der Waals surface area contributed by atoms with E-state index in [1.165, 1.54) is 6.92 Å². The molecule has 2 atom stereocenters. The number of H-pyrrole nitrogens is 1. The van der Waals surface area contributed by atoms with E-state index in [4.69, 9.17) is 5.73 Å². The molecule has 1 saturated heterocycles. The third-order valence-corrected chi connectivity index (χ3v) is 6.02. The van der Waals surface area contributed by atoms with Crippen molar-refractivity contribution in [2.45, 2.75) is 38.3 Å². The molecule has 9 nitrogen and oxygen atoms in total. The maximum atomic E-state index is 12.8. The Hall–Kier alpha value is -4.16. The van der Waals surface area contributed by atoms with Gasteiger partial charge in [0.25, 0.3) is 0 Å². The van der Waals surface area contributed by atoms with Crippen LogP contribution in [0, 0.1) is 11.3 Å². The van der Waals surface area contributed by atoms with Crippen molar-refractivity contribution in [2.24, 2.45) is 5.73 Å². The van der Waals surface area contributed by atoms with Crippen LogP contribution >= 0.6 is 0 Å². The topological polar surface area (TPSA) is 144 Å². The number of fused-ring (bicyclic) bond motifs is 1. The van der Waals surface area contributed by atoms with Crippen LogP contribution in [-0.2, 0) is 11.2 Å². The van der Waals surface area contributed by atoms with Crippen LogP contribution in [0.15, 0.2) is 48.7 Å². The van der Waals surface area contributed by atoms with E-state index in [0.29, 0.717) is 36.3 Å². The van der Waals surface area contributed by atoms with Crippen LogP contribution in [0.1, 0.15) is 35.7 Å². The van der Waals surface area contributed by atoms with Gasteiger partial charge in [0.05, 0.1) is 12.1 Å². The predicted octanol–water partition coefficient (Wildman–Crippen LogP) is 3.40. The standard InChI is InChI=1S/C25H26N6O3/c1-15(32)16-4-6-18(7-5-16)29-25(34)30-19-8-9-23-21(12-19)17(14-28-23)11-22(27)24(33)31-10-2-3-20(31)13-26/h4-9,12,14,20,22,28H,2-3,10-11,27H2,1H3,(H2,29,30,34)/t20-,22+/m0/s1. The van der Waals surface area contributed by atoms with Crippen molar-refractivity contribution in [3.05, 3.63) is 59.8 Å². The van der Waals surface area contributed by atoms with Gasteiger partial charge in [0.15, 0.2) is 5.78 Å². The molecule has 2 aromatic carbocycles. The second-order valence-corrected chi connectivity index (χ2v) is 8.42. The zero-order valence-electron chi connectivity index (χ0n) is 18.8. The Labute approximate surface area is 196 Å².